The monoisotopic (exact) mass is 544 g/mol. The summed E-state index contributed by atoms with van der Waals surface area (Å²) in [4.78, 5) is 32.2. The van der Waals surface area contributed by atoms with Gasteiger partial charge in [0.05, 0.1) is 6.33 Å². The second-order valence-corrected chi connectivity index (χ2v) is 11.5. The largest absolute Gasteiger partial charge is 0.508 e. The number of fused-ring (bicyclic) bond motifs is 1. The number of anilines is 3. The highest BCUT2D eigenvalue weighted by Gasteiger charge is 2.46. The lowest BCUT2D eigenvalue weighted by Crippen LogP contribution is -2.22. The van der Waals surface area contributed by atoms with E-state index < -0.39 is 27.6 Å². The molecule has 2 aromatic heterocycles. The highest BCUT2D eigenvalue weighted by atomic mass is 31.2. The standard InChI is InChI=1S/C23H26N6O6P2/c30-18-9-7-16(8-10-18)11-14-29-15-25-19-20(26-17-5-2-1-3-6-17)27-22(28-21(19)29)24-13-4-12-23(31,36-32)37(33,34)35/h1-3,5-10,15,30-31H,4,11-14H2,(H2,33,34,35)(H2,24,26,27,28). The molecule has 0 aliphatic carbocycles. The van der Waals surface area contributed by atoms with E-state index in [1.807, 2.05) is 47.0 Å². The lowest BCUT2D eigenvalue weighted by atomic mass is 10.1. The molecule has 194 valence electrons. The zero-order valence-electron chi connectivity index (χ0n) is 19.6. The molecule has 37 heavy (non-hydrogen) atoms. The summed E-state index contributed by atoms with van der Waals surface area (Å²) < 4.78 is 24.5. The van der Waals surface area contributed by atoms with Crippen molar-refractivity contribution in [3.8, 4) is 5.75 Å². The number of imidazole rings is 1. The fourth-order valence-electron chi connectivity index (χ4n) is 3.61. The van der Waals surface area contributed by atoms with Crippen LogP contribution in [-0.4, -0.2) is 51.1 Å². The Morgan fingerprint density at radius 1 is 1.05 bits per heavy atom. The van der Waals surface area contributed by atoms with Crippen LogP contribution in [0.1, 0.15) is 18.4 Å². The van der Waals surface area contributed by atoms with Crippen molar-refractivity contribution < 1.29 is 29.1 Å². The van der Waals surface area contributed by atoms with Gasteiger partial charge in [0.15, 0.2) is 17.0 Å². The quantitative estimate of drug-likeness (QED) is 0.113. The molecule has 14 heteroatoms. The summed E-state index contributed by atoms with van der Waals surface area (Å²) >= 11 is 0. The lowest BCUT2D eigenvalue weighted by molar-refractivity contribution is 0.157. The number of phenolic OH excluding ortho intramolecular Hbond substituents is 1. The first-order valence-corrected chi connectivity index (χ1v) is 13.8. The van der Waals surface area contributed by atoms with Crippen LogP contribution in [0.2, 0.25) is 0 Å². The maximum absolute atomic E-state index is 11.5. The molecule has 2 aromatic carbocycles. The SMILES string of the molecule is O=PC(O)(CCCNc1nc(Nc2ccccc2)c2ncn(CCc3ccc(O)cc3)c2n1)P(=O)(O)O. The van der Waals surface area contributed by atoms with E-state index in [4.69, 9.17) is 0 Å². The minimum atomic E-state index is -4.98. The molecule has 4 aromatic rings. The molecule has 4 rings (SSSR count). The Kier molecular flexibility index (Phi) is 8.16. The summed E-state index contributed by atoms with van der Waals surface area (Å²) in [7, 11) is -6.02. The zero-order valence-corrected chi connectivity index (χ0v) is 21.4. The lowest BCUT2D eigenvalue weighted by Gasteiger charge is -2.21. The topological polar surface area (TPSA) is 183 Å². The van der Waals surface area contributed by atoms with E-state index in [0.717, 1.165) is 11.3 Å². The van der Waals surface area contributed by atoms with Gasteiger partial charge < -0.3 is 35.2 Å². The molecule has 0 spiro atoms. The molecule has 0 aliphatic heterocycles. The molecule has 2 heterocycles. The zero-order chi connectivity index (χ0) is 26.5. The fourth-order valence-corrected chi connectivity index (χ4v) is 4.74. The third-order valence-corrected chi connectivity index (χ3v) is 8.36. The Morgan fingerprint density at radius 2 is 1.78 bits per heavy atom. The molecule has 0 amide bonds. The third-order valence-electron chi connectivity index (χ3n) is 5.66. The maximum atomic E-state index is 11.5. The Balaban J connectivity index is 1.55. The number of aryl methyl sites for hydroxylation is 2. The van der Waals surface area contributed by atoms with Crippen LogP contribution < -0.4 is 10.6 Å². The molecule has 0 saturated heterocycles. The summed E-state index contributed by atoms with van der Waals surface area (Å²) in [6.07, 6.45) is 2.06. The maximum Gasteiger partial charge on any atom is 0.368 e. The van der Waals surface area contributed by atoms with E-state index in [2.05, 4.69) is 25.6 Å². The number of nitrogens with one attached hydrogen (secondary N) is 2. The molecule has 0 bridgehead atoms. The van der Waals surface area contributed by atoms with E-state index >= 15 is 0 Å². The van der Waals surface area contributed by atoms with Crippen LogP contribution in [0.5, 0.6) is 5.75 Å². The van der Waals surface area contributed by atoms with Gasteiger partial charge in [-0.1, -0.05) is 30.3 Å². The van der Waals surface area contributed by atoms with Gasteiger partial charge in [-0.05, 0) is 42.7 Å². The first-order chi connectivity index (χ1) is 17.7. The van der Waals surface area contributed by atoms with Crippen molar-refractivity contribution in [1.82, 2.24) is 19.5 Å². The highest BCUT2D eigenvalue weighted by Crippen LogP contribution is 2.57. The van der Waals surface area contributed by atoms with E-state index in [0.29, 0.717) is 29.9 Å². The molecule has 0 fully saturated rings. The number of nitrogens with zero attached hydrogens (tertiary/aromatic N) is 4. The number of benzene rings is 2. The van der Waals surface area contributed by atoms with Crippen LogP contribution in [0.15, 0.2) is 60.9 Å². The van der Waals surface area contributed by atoms with Crippen molar-refractivity contribution in [2.75, 3.05) is 17.2 Å². The molecule has 1 unspecified atom stereocenters. The molecule has 0 aliphatic rings. The van der Waals surface area contributed by atoms with Crippen LogP contribution in [0.3, 0.4) is 0 Å². The number of aromatic hydroxyl groups is 1. The normalized spacial score (nSPS) is 13.5. The van der Waals surface area contributed by atoms with Crippen molar-refractivity contribution in [1.29, 1.82) is 0 Å². The van der Waals surface area contributed by atoms with Crippen LogP contribution in [0.4, 0.5) is 17.5 Å². The Hall–Kier alpha value is -3.40. The first-order valence-electron chi connectivity index (χ1n) is 11.4. The van der Waals surface area contributed by atoms with Gasteiger partial charge in [0.25, 0.3) is 0 Å². The predicted molar refractivity (Wildman–Crippen MR) is 139 cm³/mol. The van der Waals surface area contributed by atoms with Gasteiger partial charge in [-0.15, -0.1) is 0 Å². The molecule has 1 atom stereocenters. The number of phenols is 1. The van der Waals surface area contributed by atoms with Crippen LogP contribution in [0.25, 0.3) is 11.2 Å². The van der Waals surface area contributed by atoms with Gasteiger partial charge in [0.2, 0.25) is 19.5 Å². The van der Waals surface area contributed by atoms with Crippen molar-refractivity contribution in [3.05, 3.63) is 66.5 Å². The summed E-state index contributed by atoms with van der Waals surface area (Å²) in [6, 6.07) is 16.4. The fraction of sp³-hybridized carbons (Fsp3) is 0.261. The molecular weight excluding hydrogens is 518 g/mol. The number of hydrogen-bond donors (Lipinski definition) is 6. The second-order valence-electron chi connectivity index (χ2n) is 8.35. The first kappa shape index (κ1) is 26.7. The average molecular weight is 544 g/mol. The number of aliphatic hydroxyl groups is 1. The Labute approximate surface area is 213 Å². The predicted octanol–water partition coefficient (Wildman–Crippen LogP) is 3.83. The molecule has 0 radical (unpaired) electrons. The number of aromatic nitrogens is 4. The van der Waals surface area contributed by atoms with Crippen molar-refractivity contribution in [3.63, 3.8) is 0 Å². The molecule has 12 nitrogen and oxygen atoms in total. The van der Waals surface area contributed by atoms with Crippen LogP contribution in [0, 0.1) is 0 Å². The van der Waals surface area contributed by atoms with Gasteiger partial charge in [-0.2, -0.15) is 9.97 Å². The highest BCUT2D eigenvalue weighted by molar-refractivity contribution is 7.63. The van der Waals surface area contributed by atoms with E-state index in [-0.39, 0.29) is 24.7 Å². The van der Waals surface area contributed by atoms with Crippen molar-refractivity contribution in [2.45, 2.75) is 30.9 Å². The van der Waals surface area contributed by atoms with Crippen LogP contribution >= 0.6 is 16.1 Å². The number of hydrogen-bond acceptors (Lipinski definition) is 9. The minimum absolute atomic E-state index is 0.0970. The van der Waals surface area contributed by atoms with E-state index in [1.54, 1.807) is 18.5 Å². The number of rotatable bonds is 12. The minimum Gasteiger partial charge on any atom is -0.508 e. The molecule has 6 N–H and O–H groups in total. The summed E-state index contributed by atoms with van der Waals surface area (Å²) in [5.41, 5.74) is 2.96. The average Bonchev–Trinajstić information content (AvgIpc) is 3.29. The van der Waals surface area contributed by atoms with Crippen LogP contribution in [-0.2, 0) is 22.1 Å². The van der Waals surface area contributed by atoms with Gasteiger partial charge in [0, 0.05) is 25.2 Å². The Morgan fingerprint density at radius 3 is 2.46 bits per heavy atom. The Bertz CT molecular complexity index is 1410. The summed E-state index contributed by atoms with van der Waals surface area (Å²) in [6.45, 7) is 0.732. The smallest absolute Gasteiger partial charge is 0.368 e. The van der Waals surface area contributed by atoms with Crippen molar-refractivity contribution >= 4 is 44.7 Å². The third kappa shape index (κ3) is 6.49. The number of para-hydroxylation sites is 1. The van der Waals surface area contributed by atoms with Gasteiger partial charge in [-0.3, -0.25) is 9.13 Å². The van der Waals surface area contributed by atoms with Gasteiger partial charge in [0.1, 0.15) is 5.75 Å². The van der Waals surface area contributed by atoms with Gasteiger partial charge in [-0.25, -0.2) is 4.98 Å². The summed E-state index contributed by atoms with van der Waals surface area (Å²) in [5, 5.41) is 23.1. The molecular formula is C23H26N6O6P2. The van der Waals surface area contributed by atoms with Crippen molar-refractivity contribution in [2.24, 2.45) is 0 Å². The second kappa shape index (κ2) is 11.3. The summed E-state index contributed by atoms with van der Waals surface area (Å²) in [5.74, 6) is 0.912. The van der Waals surface area contributed by atoms with E-state index in [9.17, 15) is 29.1 Å². The van der Waals surface area contributed by atoms with Gasteiger partial charge >= 0.3 is 7.60 Å². The molecule has 0 saturated carbocycles. The van der Waals surface area contributed by atoms with E-state index in [1.165, 1.54) is 0 Å².